The van der Waals surface area contributed by atoms with Gasteiger partial charge in [0.05, 0.1) is 29.2 Å². The lowest BCUT2D eigenvalue weighted by molar-refractivity contribution is 0.377. The number of aryl methyl sites for hydroxylation is 2. The standard InChI is InChI=1S/C27H26FN7O.C26H30ClN7O2/c28-20-9-6-18(7-10-20)8-11-21-24(19-12-16-34(17-13-19)26-29-14-3-15-30-26)33-35(25(21)36)27-31-22-4-1-2-5-23(22)32-27;1-15-28-22(14-23(29-15)36-2)33-11-9-16(10-12-33)3-7-19-24(17-4-5-17)32-34(25(19)35)26-30-20-8-6-18(27)13-21(20)31-26/h1-7,9-10,14-15,19,33H,8,11-13,16-17H2,(H,31,32);6,8,13-14,16-17,32H,3-5,7,9-12H2,1-2H3,(H,30,31). The van der Waals surface area contributed by atoms with E-state index < -0.39 is 0 Å². The van der Waals surface area contributed by atoms with Gasteiger partial charge in [0.1, 0.15) is 17.5 Å². The third kappa shape index (κ3) is 10.00. The third-order valence-corrected chi connectivity index (χ3v) is 14.6. The van der Waals surface area contributed by atoms with Crippen LogP contribution in [0.5, 0.6) is 5.88 Å². The number of aromatic nitrogens is 12. The Labute approximate surface area is 418 Å². The van der Waals surface area contributed by atoms with Gasteiger partial charge in [0.15, 0.2) is 0 Å². The minimum absolute atomic E-state index is 0.00282. The molecule has 72 heavy (non-hydrogen) atoms. The summed E-state index contributed by atoms with van der Waals surface area (Å²) >= 11 is 6.12. The number of nitrogens with zero attached hydrogens (tertiary/aromatic N) is 10. The minimum Gasteiger partial charge on any atom is -0.481 e. The highest BCUT2D eigenvalue weighted by molar-refractivity contribution is 6.31. The van der Waals surface area contributed by atoms with Gasteiger partial charge in [-0.25, -0.2) is 29.3 Å². The van der Waals surface area contributed by atoms with E-state index in [4.69, 9.17) is 16.3 Å². The maximum absolute atomic E-state index is 13.7. The van der Waals surface area contributed by atoms with Crippen molar-refractivity contribution in [3.63, 3.8) is 0 Å². The van der Waals surface area contributed by atoms with E-state index in [9.17, 15) is 14.0 Å². The number of benzene rings is 3. The van der Waals surface area contributed by atoms with Gasteiger partial charge in [-0.05, 0) is 131 Å². The number of anilines is 2. The molecule has 1 saturated carbocycles. The molecule has 19 heteroatoms. The van der Waals surface area contributed by atoms with Crippen LogP contribution in [0, 0.1) is 18.7 Å². The zero-order chi connectivity index (χ0) is 49.3. The van der Waals surface area contributed by atoms with E-state index in [-0.39, 0.29) is 22.9 Å². The average molecular weight is 992 g/mol. The number of rotatable bonds is 13. The van der Waals surface area contributed by atoms with Gasteiger partial charge in [0.25, 0.3) is 11.1 Å². The molecule has 1 aliphatic carbocycles. The van der Waals surface area contributed by atoms with Crippen molar-refractivity contribution in [2.24, 2.45) is 5.92 Å². The molecule has 0 atom stereocenters. The quantitative estimate of drug-likeness (QED) is 0.0862. The molecule has 9 aromatic rings. The number of nitrogens with one attached hydrogen (secondary N) is 4. The highest BCUT2D eigenvalue weighted by Crippen LogP contribution is 2.41. The Hall–Kier alpha value is -7.60. The number of para-hydroxylation sites is 2. The molecule has 0 radical (unpaired) electrons. The van der Waals surface area contributed by atoms with Gasteiger partial charge < -0.3 is 24.5 Å². The number of aromatic amines is 4. The molecular formula is C53H56ClFN14O3. The normalized spacial score (nSPS) is 15.6. The Morgan fingerprint density at radius 2 is 1.29 bits per heavy atom. The molecule has 3 aliphatic rings. The number of hydrogen-bond acceptors (Lipinski definition) is 11. The summed E-state index contributed by atoms with van der Waals surface area (Å²) in [5.74, 6) is 4.93. The van der Waals surface area contributed by atoms with E-state index >= 15 is 0 Å². The maximum Gasteiger partial charge on any atom is 0.277 e. The van der Waals surface area contributed by atoms with Gasteiger partial charge >= 0.3 is 0 Å². The molecule has 3 aromatic carbocycles. The molecule has 370 valence electrons. The van der Waals surface area contributed by atoms with Gasteiger partial charge in [-0.15, -0.1) is 0 Å². The van der Waals surface area contributed by atoms with E-state index in [1.807, 2.05) is 55.5 Å². The summed E-state index contributed by atoms with van der Waals surface area (Å²) in [5.41, 5.74) is 7.89. The summed E-state index contributed by atoms with van der Waals surface area (Å²) < 4.78 is 21.8. The fourth-order valence-corrected chi connectivity index (χ4v) is 10.4. The van der Waals surface area contributed by atoms with Crippen molar-refractivity contribution in [3.05, 3.63) is 157 Å². The molecule has 0 bridgehead atoms. The topological polar surface area (TPSA) is 200 Å². The monoisotopic (exact) mass is 990 g/mol. The lowest BCUT2D eigenvalue weighted by atomic mass is 9.90. The zero-order valence-corrected chi connectivity index (χ0v) is 41.0. The van der Waals surface area contributed by atoms with Crippen LogP contribution in [0.25, 0.3) is 34.0 Å². The van der Waals surface area contributed by atoms with Crippen molar-refractivity contribution in [2.45, 2.75) is 83.0 Å². The number of hydrogen-bond donors (Lipinski definition) is 4. The molecule has 0 spiro atoms. The second-order valence-corrected chi connectivity index (χ2v) is 19.5. The summed E-state index contributed by atoms with van der Waals surface area (Å²) in [6.45, 7) is 5.39. The second kappa shape index (κ2) is 20.3. The number of methoxy groups -OCH3 is 1. The molecule has 4 N–H and O–H groups in total. The third-order valence-electron chi connectivity index (χ3n) is 14.3. The Morgan fingerprint density at radius 3 is 1.96 bits per heavy atom. The SMILES string of the molecule is COc1cc(N2CCC(CCc3c(C4CC4)[nH]n(-c4nc5ccc(Cl)cc5[nH]4)c3=O)CC2)nc(C)n1.O=c1c(CCc2ccc(F)cc2)c(C2CCN(c3ncccn3)CC2)[nH]n1-c1nc2ccccc2[nH]1. The van der Waals surface area contributed by atoms with Crippen LogP contribution in [0.1, 0.15) is 90.7 Å². The molecule has 2 aliphatic heterocycles. The Kier molecular flexibility index (Phi) is 13.2. The van der Waals surface area contributed by atoms with E-state index in [0.717, 1.165) is 145 Å². The highest BCUT2D eigenvalue weighted by atomic mass is 35.5. The van der Waals surface area contributed by atoms with Crippen molar-refractivity contribution in [2.75, 3.05) is 43.1 Å². The van der Waals surface area contributed by atoms with Gasteiger partial charge in [-0.2, -0.15) is 14.3 Å². The molecule has 0 unspecified atom stereocenters. The zero-order valence-electron chi connectivity index (χ0n) is 40.2. The van der Waals surface area contributed by atoms with Crippen LogP contribution < -0.4 is 25.7 Å². The van der Waals surface area contributed by atoms with E-state index in [0.29, 0.717) is 47.5 Å². The second-order valence-electron chi connectivity index (χ2n) is 19.1. The van der Waals surface area contributed by atoms with Crippen molar-refractivity contribution in [1.29, 1.82) is 0 Å². The minimum atomic E-state index is -0.262. The molecular weight excluding hydrogens is 935 g/mol. The van der Waals surface area contributed by atoms with E-state index in [1.54, 1.807) is 42.4 Å². The van der Waals surface area contributed by atoms with Crippen molar-refractivity contribution < 1.29 is 9.13 Å². The fourth-order valence-electron chi connectivity index (χ4n) is 10.3. The Bertz CT molecular complexity index is 3420. The van der Waals surface area contributed by atoms with Gasteiger partial charge in [0.2, 0.25) is 23.7 Å². The van der Waals surface area contributed by atoms with Gasteiger partial charge in [-0.3, -0.25) is 19.8 Å². The van der Waals surface area contributed by atoms with E-state index in [2.05, 4.69) is 59.9 Å². The van der Waals surface area contributed by atoms with Crippen molar-refractivity contribution in [3.8, 4) is 17.8 Å². The molecule has 2 saturated heterocycles. The first-order chi connectivity index (χ1) is 35.1. The van der Waals surface area contributed by atoms with Gasteiger partial charge in [0, 0.05) is 84.0 Å². The number of ether oxygens (including phenoxy) is 1. The van der Waals surface area contributed by atoms with Crippen LogP contribution >= 0.6 is 11.6 Å². The number of piperidine rings is 2. The van der Waals surface area contributed by atoms with Crippen LogP contribution in [0.15, 0.2) is 101 Å². The largest absolute Gasteiger partial charge is 0.481 e. The number of halogens is 2. The smallest absolute Gasteiger partial charge is 0.277 e. The highest BCUT2D eigenvalue weighted by Gasteiger charge is 2.32. The molecule has 8 heterocycles. The van der Waals surface area contributed by atoms with Crippen molar-refractivity contribution >= 4 is 45.4 Å². The van der Waals surface area contributed by atoms with Crippen molar-refractivity contribution in [1.82, 2.24) is 59.4 Å². The van der Waals surface area contributed by atoms with Crippen LogP contribution in [-0.2, 0) is 19.3 Å². The summed E-state index contributed by atoms with van der Waals surface area (Å²) in [5, 5.41) is 7.41. The van der Waals surface area contributed by atoms with E-state index in [1.165, 1.54) is 16.8 Å². The van der Waals surface area contributed by atoms with Crippen LogP contribution in [-0.4, -0.2) is 92.7 Å². The molecule has 12 rings (SSSR count). The summed E-state index contributed by atoms with van der Waals surface area (Å²) in [6.07, 6.45) is 12.7. The summed E-state index contributed by atoms with van der Waals surface area (Å²) in [6, 6.07) is 23.4. The fraction of sp³-hybridized carbons (Fsp3) is 0.358. The average Bonchev–Trinajstić information content (AvgIpc) is 3.70. The van der Waals surface area contributed by atoms with Crippen LogP contribution in [0.3, 0.4) is 0 Å². The molecule has 17 nitrogen and oxygen atoms in total. The number of H-pyrrole nitrogens is 4. The lowest BCUT2D eigenvalue weighted by Crippen LogP contribution is -2.34. The predicted molar refractivity (Wildman–Crippen MR) is 276 cm³/mol. The number of fused-ring (bicyclic) bond motifs is 2. The molecule has 3 fully saturated rings. The summed E-state index contributed by atoms with van der Waals surface area (Å²) in [7, 11) is 1.63. The van der Waals surface area contributed by atoms with Crippen LogP contribution in [0.4, 0.5) is 16.2 Å². The first kappa shape index (κ1) is 46.8. The Balaban J connectivity index is 0.000000156. The maximum atomic E-state index is 13.7. The predicted octanol–water partition coefficient (Wildman–Crippen LogP) is 8.67. The number of imidazole rings is 2. The van der Waals surface area contributed by atoms with Gasteiger partial charge in [-0.1, -0.05) is 35.9 Å². The lowest BCUT2D eigenvalue weighted by Gasteiger charge is -2.33. The van der Waals surface area contributed by atoms with Crippen LogP contribution in [0.2, 0.25) is 5.02 Å². The molecule has 0 amide bonds. The first-order valence-electron chi connectivity index (χ1n) is 24.8. The summed E-state index contributed by atoms with van der Waals surface area (Å²) in [4.78, 5) is 65.0. The first-order valence-corrected chi connectivity index (χ1v) is 25.2. The Morgan fingerprint density at radius 1 is 0.667 bits per heavy atom. The molecule has 6 aromatic heterocycles.